The van der Waals surface area contributed by atoms with E-state index in [9.17, 15) is 0 Å². The maximum Gasteiger partial charge on any atom is 0.0843 e. The molecular weight excluding hydrogens is 380 g/mol. The van der Waals surface area contributed by atoms with Gasteiger partial charge in [-0.1, -0.05) is 28.8 Å². The lowest BCUT2D eigenvalue weighted by molar-refractivity contribution is 0.728. The summed E-state index contributed by atoms with van der Waals surface area (Å²) in [6.07, 6.45) is 4.14. The van der Waals surface area contributed by atoms with Crippen LogP contribution in [0.2, 0.25) is 0 Å². The molecule has 1 fully saturated rings. The van der Waals surface area contributed by atoms with E-state index in [0.29, 0.717) is 4.83 Å². The Morgan fingerprint density at radius 2 is 2.15 bits per heavy atom. The molecule has 2 rings (SSSR count). The second kappa shape index (κ2) is 4.33. The van der Waals surface area contributed by atoms with E-state index in [4.69, 9.17) is 0 Å². The Morgan fingerprint density at radius 1 is 1.46 bits per heavy atom. The zero-order valence-electron chi connectivity index (χ0n) is 6.90. The van der Waals surface area contributed by atoms with E-state index in [0.717, 1.165) is 5.92 Å². The molecule has 1 unspecified atom stereocenters. The molecule has 0 N–H and O–H groups in total. The molecule has 1 aromatic rings. The maximum atomic E-state index is 3.74. The largest absolute Gasteiger partial charge is 0.131 e. The first-order valence-electron chi connectivity index (χ1n) is 4.25. The van der Waals surface area contributed by atoms with Gasteiger partial charge in [0.2, 0.25) is 0 Å². The first-order valence-corrected chi connectivity index (χ1v) is 7.57. The van der Waals surface area contributed by atoms with Gasteiger partial charge in [0.25, 0.3) is 0 Å². The molecule has 72 valence electrons. The first-order chi connectivity index (χ1) is 6.16. The molecule has 1 heterocycles. The minimum absolute atomic E-state index is 0.549. The summed E-state index contributed by atoms with van der Waals surface area (Å²) in [5.74, 6) is 0.976. The summed E-state index contributed by atoms with van der Waals surface area (Å²) >= 11 is 12.6. The Morgan fingerprint density at radius 3 is 2.62 bits per heavy atom. The molecule has 0 radical (unpaired) electrons. The lowest BCUT2D eigenvalue weighted by atomic mass is 10.2. The topological polar surface area (TPSA) is 0 Å². The van der Waals surface area contributed by atoms with Crippen molar-refractivity contribution >= 4 is 59.1 Å². The molecule has 1 saturated carbocycles. The summed E-state index contributed by atoms with van der Waals surface area (Å²) in [6.45, 7) is 0. The van der Waals surface area contributed by atoms with Crippen LogP contribution in [0.1, 0.15) is 29.0 Å². The average molecular weight is 389 g/mol. The number of alkyl halides is 1. The summed E-state index contributed by atoms with van der Waals surface area (Å²) < 4.78 is 2.37. The zero-order valence-corrected chi connectivity index (χ0v) is 12.5. The lowest BCUT2D eigenvalue weighted by Gasteiger charge is -2.04. The van der Waals surface area contributed by atoms with E-state index in [2.05, 4.69) is 53.9 Å². The zero-order chi connectivity index (χ0) is 9.42. The highest BCUT2D eigenvalue weighted by molar-refractivity contribution is 9.13. The van der Waals surface area contributed by atoms with E-state index in [1.807, 2.05) is 11.3 Å². The van der Waals surface area contributed by atoms with Gasteiger partial charge in [0.05, 0.1) is 3.79 Å². The van der Waals surface area contributed by atoms with Crippen LogP contribution in [0.5, 0.6) is 0 Å². The molecule has 1 aliphatic rings. The smallest absolute Gasteiger partial charge is 0.0843 e. The summed E-state index contributed by atoms with van der Waals surface area (Å²) in [7, 11) is 0. The highest BCUT2D eigenvalue weighted by atomic mass is 79.9. The second-order valence-corrected chi connectivity index (χ2v) is 7.78. The molecule has 13 heavy (non-hydrogen) atoms. The fourth-order valence-corrected chi connectivity index (χ4v) is 4.30. The van der Waals surface area contributed by atoms with Crippen molar-refractivity contribution in [1.82, 2.24) is 0 Å². The molecule has 4 heteroatoms. The van der Waals surface area contributed by atoms with Gasteiger partial charge < -0.3 is 0 Å². The highest BCUT2D eigenvalue weighted by Crippen LogP contribution is 2.45. The van der Waals surface area contributed by atoms with Crippen LogP contribution in [-0.4, -0.2) is 0 Å². The van der Waals surface area contributed by atoms with E-state index in [1.54, 1.807) is 0 Å². The van der Waals surface area contributed by atoms with Gasteiger partial charge in [0.1, 0.15) is 0 Å². The number of rotatable bonds is 3. The van der Waals surface area contributed by atoms with Gasteiger partial charge in [0, 0.05) is 14.2 Å². The van der Waals surface area contributed by atoms with E-state index >= 15 is 0 Å². The molecule has 0 bridgehead atoms. The molecule has 1 aliphatic carbocycles. The van der Waals surface area contributed by atoms with E-state index < -0.39 is 0 Å². The van der Waals surface area contributed by atoms with Crippen molar-refractivity contribution in [2.24, 2.45) is 5.92 Å². The first kappa shape index (κ1) is 10.7. The van der Waals surface area contributed by atoms with E-state index in [-0.39, 0.29) is 0 Å². The normalized spacial score (nSPS) is 19.0. The minimum atomic E-state index is 0.549. The van der Waals surface area contributed by atoms with Crippen LogP contribution in [0, 0.1) is 5.92 Å². The molecule has 0 aromatic carbocycles. The van der Waals surface area contributed by atoms with Gasteiger partial charge >= 0.3 is 0 Å². The molecule has 0 amide bonds. The molecule has 0 aliphatic heterocycles. The predicted molar refractivity (Wildman–Crippen MR) is 68.7 cm³/mol. The average Bonchev–Trinajstić information content (AvgIpc) is 2.81. The Balaban J connectivity index is 2.05. The number of hydrogen-bond donors (Lipinski definition) is 0. The summed E-state index contributed by atoms with van der Waals surface area (Å²) in [5.41, 5.74) is 0. The maximum absolute atomic E-state index is 3.74. The van der Waals surface area contributed by atoms with Gasteiger partial charge in [-0.2, -0.15) is 0 Å². The minimum Gasteiger partial charge on any atom is -0.131 e. The monoisotopic (exact) mass is 386 g/mol. The van der Waals surface area contributed by atoms with Crippen LogP contribution in [0.15, 0.2) is 14.3 Å². The standard InChI is InChI=1S/C9H9Br3S/c10-6(3-5-1-2-5)8-4-7(11)9(12)13-8/h4-6H,1-3H2. The molecule has 0 saturated heterocycles. The number of hydrogen-bond acceptors (Lipinski definition) is 1. The fraction of sp³-hybridized carbons (Fsp3) is 0.556. The molecule has 1 aromatic heterocycles. The van der Waals surface area contributed by atoms with Crippen LogP contribution in [-0.2, 0) is 0 Å². The summed E-state index contributed by atoms with van der Waals surface area (Å²) in [6, 6.07) is 2.20. The van der Waals surface area contributed by atoms with Gasteiger partial charge in [-0.15, -0.1) is 11.3 Å². The highest BCUT2D eigenvalue weighted by Gasteiger charge is 2.25. The van der Waals surface area contributed by atoms with Crippen LogP contribution >= 0.6 is 59.1 Å². The number of halogens is 3. The Labute approximate surface area is 107 Å². The van der Waals surface area contributed by atoms with Crippen LogP contribution in [0.25, 0.3) is 0 Å². The van der Waals surface area contributed by atoms with Gasteiger partial charge in [-0.3, -0.25) is 0 Å². The van der Waals surface area contributed by atoms with Crippen molar-refractivity contribution < 1.29 is 0 Å². The van der Waals surface area contributed by atoms with Crippen molar-refractivity contribution in [1.29, 1.82) is 0 Å². The van der Waals surface area contributed by atoms with Crippen molar-refractivity contribution in [3.05, 3.63) is 19.2 Å². The van der Waals surface area contributed by atoms with Crippen LogP contribution < -0.4 is 0 Å². The molecule has 0 spiro atoms. The fourth-order valence-electron chi connectivity index (χ4n) is 1.28. The SMILES string of the molecule is Brc1cc(C(Br)CC2CC2)sc1Br. The Bertz CT molecular complexity index is 284. The number of thiophene rings is 1. The van der Waals surface area contributed by atoms with Gasteiger partial charge in [0.15, 0.2) is 0 Å². The quantitative estimate of drug-likeness (QED) is 0.599. The molecular formula is C9H9Br3S. The van der Waals surface area contributed by atoms with Crippen LogP contribution in [0.3, 0.4) is 0 Å². The van der Waals surface area contributed by atoms with E-state index in [1.165, 1.54) is 32.4 Å². The van der Waals surface area contributed by atoms with Gasteiger partial charge in [-0.05, 0) is 50.3 Å². The third-order valence-corrected chi connectivity index (χ3v) is 6.75. The summed E-state index contributed by atoms with van der Waals surface area (Å²) in [4.78, 5) is 1.97. The van der Waals surface area contributed by atoms with Gasteiger partial charge in [-0.25, -0.2) is 0 Å². The third-order valence-electron chi connectivity index (χ3n) is 2.21. The third kappa shape index (κ3) is 2.80. The van der Waals surface area contributed by atoms with Crippen LogP contribution in [0.4, 0.5) is 0 Å². The van der Waals surface area contributed by atoms with Crippen molar-refractivity contribution in [3.8, 4) is 0 Å². The van der Waals surface area contributed by atoms with Crippen molar-refractivity contribution in [3.63, 3.8) is 0 Å². The molecule has 0 nitrogen and oxygen atoms in total. The summed E-state index contributed by atoms with van der Waals surface area (Å²) in [5, 5.41) is 0. The Kier molecular flexibility index (Phi) is 3.55. The van der Waals surface area contributed by atoms with Crippen molar-refractivity contribution in [2.75, 3.05) is 0 Å². The predicted octanol–water partition coefficient (Wildman–Crippen LogP) is 5.51. The molecule has 1 atom stereocenters. The Hall–Kier alpha value is 1.14. The lowest BCUT2D eigenvalue weighted by Crippen LogP contribution is -1.86. The van der Waals surface area contributed by atoms with Crippen molar-refractivity contribution in [2.45, 2.75) is 24.1 Å². The second-order valence-electron chi connectivity index (χ2n) is 3.42.